The Bertz CT molecular complexity index is 1300. The van der Waals surface area contributed by atoms with Crippen LogP contribution < -0.4 is 11.1 Å². The SMILES string of the molecule is CCC[C@H]1CC[C@@H]2[C@H](CO)[C@H]([C@@H](O)[C@](C)(O)[C@@H]3CC[C@]4(O)C5=CC(=O)[C@H]6C[C@@H](O)[C@@H](O)C[C@]6(CCC6CCC(N)NC6)[C@@H]5CC[C@]34C)O[C@@H]2CC1. The van der Waals surface area contributed by atoms with E-state index >= 15 is 0 Å². The number of fused-ring (bicyclic) bond motifs is 6. The molecule has 2 saturated heterocycles. The maximum Gasteiger partial charge on any atom is 0.159 e. The van der Waals surface area contributed by atoms with Gasteiger partial charge in [-0.25, -0.2) is 0 Å². The van der Waals surface area contributed by atoms with Gasteiger partial charge < -0.3 is 46.4 Å². The smallest absolute Gasteiger partial charge is 0.159 e. The summed E-state index contributed by atoms with van der Waals surface area (Å²) in [5, 5.41) is 73.6. The van der Waals surface area contributed by atoms with E-state index in [1.165, 1.54) is 6.42 Å². The second kappa shape index (κ2) is 14.3. The van der Waals surface area contributed by atoms with E-state index in [1.54, 1.807) is 13.0 Å². The fraction of sp³-hybridized carbons (Fsp3) is 0.927. The topological polar surface area (TPSA) is 186 Å². The van der Waals surface area contributed by atoms with Crippen LogP contribution in [0.3, 0.4) is 0 Å². The number of hydrogen-bond acceptors (Lipinski definition) is 10. The molecule has 0 aromatic carbocycles. The molecule has 51 heavy (non-hydrogen) atoms. The molecule has 0 spiro atoms. The van der Waals surface area contributed by atoms with E-state index < -0.39 is 58.3 Å². The molecule has 0 aromatic heterocycles. The van der Waals surface area contributed by atoms with Crippen molar-refractivity contribution in [3.05, 3.63) is 11.6 Å². The van der Waals surface area contributed by atoms with Gasteiger partial charge in [-0.2, -0.15) is 0 Å². The van der Waals surface area contributed by atoms with Gasteiger partial charge in [0.15, 0.2) is 5.78 Å². The van der Waals surface area contributed by atoms with Gasteiger partial charge in [-0.3, -0.25) is 4.79 Å². The van der Waals surface area contributed by atoms with Crippen LogP contribution in [0, 0.1) is 52.3 Å². The summed E-state index contributed by atoms with van der Waals surface area (Å²) in [5.41, 5.74) is 2.46. The lowest BCUT2D eigenvalue weighted by Gasteiger charge is -2.62. The Kier molecular flexibility index (Phi) is 10.7. The molecule has 17 atom stereocenters. The Morgan fingerprint density at radius 3 is 2.47 bits per heavy atom. The lowest BCUT2D eigenvalue weighted by Crippen LogP contribution is -2.64. The number of ether oxygens (including phenoxy) is 1. The molecule has 2 unspecified atom stereocenters. The molecule has 5 aliphatic carbocycles. The van der Waals surface area contributed by atoms with E-state index in [9.17, 15) is 35.4 Å². The average Bonchev–Trinajstić information content (AvgIpc) is 3.52. The number of carbonyl (C=O) groups excluding carboxylic acids is 1. The van der Waals surface area contributed by atoms with Crippen LogP contribution in [0.4, 0.5) is 0 Å². The van der Waals surface area contributed by atoms with Crippen LogP contribution >= 0.6 is 0 Å². The van der Waals surface area contributed by atoms with Crippen molar-refractivity contribution in [3.63, 3.8) is 0 Å². The van der Waals surface area contributed by atoms with E-state index in [4.69, 9.17) is 10.5 Å². The van der Waals surface area contributed by atoms with Crippen molar-refractivity contribution in [2.75, 3.05) is 13.2 Å². The minimum absolute atomic E-state index is 0.00247. The molecule has 0 aromatic rings. The summed E-state index contributed by atoms with van der Waals surface area (Å²) in [4.78, 5) is 14.2. The zero-order chi connectivity index (χ0) is 36.5. The third kappa shape index (κ3) is 6.23. The zero-order valence-corrected chi connectivity index (χ0v) is 31.4. The van der Waals surface area contributed by atoms with Crippen molar-refractivity contribution < 1.29 is 40.2 Å². The lowest BCUT2D eigenvalue weighted by molar-refractivity contribution is -0.200. The molecule has 290 valence electrons. The third-order valence-electron chi connectivity index (χ3n) is 16.5. The molecule has 2 aliphatic heterocycles. The summed E-state index contributed by atoms with van der Waals surface area (Å²) in [5.74, 6) is -0.146. The maximum atomic E-state index is 14.2. The number of allylic oxidation sites excluding steroid dienone is 1. The third-order valence-corrected chi connectivity index (χ3v) is 16.5. The highest BCUT2D eigenvalue weighted by Gasteiger charge is 2.70. The molecule has 9 N–H and O–H groups in total. The average molecular weight is 717 g/mol. The molecule has 0 amide bonds. The second-order valence-corrected chi connectivity index (χ2v) is 18.9. The Labute approximate surface area is 305 Å². The highest BCUT2D eigenvalue weighted by molar-refractivity contribution is 5.95. The molecule has 6 fully saturated rings. The van der Waals surface area contributed by atoms with E-state index in [-0.39, 0.29) is 48.8 Å². The number of ketones is 1. The van der Waals surface area contributed by atoms with Crippen LogP contribution in [0.25, 0.3) is 0 Å². The zero-order valence-electron chi connectivity index (χ0n) is 31.4. The Hall–Kier alpha value is -0.950. The minimum atomic E-state index is -1.61. The molecule has 10 heteroatoms. The predicted molar refractivity (Wildman–Crippen MR) is 193 cm³/mol. The lowest BCUT2D eigenvalue weighted by atomic mass is 9.44. The van der Waals surface area contributed by atoms with Crippen LogP contribution in [-0.4, -0.2) is 97.5 Å². The first-order valence-electron chi connectivity index (χ1n) is 20.7. The first kappa shape index (κ1) is 38.3. The van der Waals surface area contributed by atoms with Gasteiger partial charge in [0.25, 0.3) is 0 Å². The number of aliphatic hydroxyl groups is 6. The summed E-state index contributed by atoms with van der Waals surface area (Å²) >= 11 is 0. The van der Waals surface area contributed by atoms with Gasteiger partial charge in [0.05, 0.1) is 41.8 Å². The molecule has 7 aliphatic rings. The van der Waals surface area contributed by atoms with E-state index in [0.717, 1.165) is 69.9 Å². The molecule has 10 nitrogen and oxygen atoms in total. The van der Waals surface area contributed by atoms with E-state index in [1.807, 2.05) is 6.92 Å². The summed E-state index contributed by atoms with van der Waals surface area (Å²) < 4.78 is 6.61. The number of rotatable bonds is 9. The van der Waals surface area contributed by atoms with Crippen LogP contribution in [0.1, 0.15) is 124 Å². The number of nitrogens with two attached hydrogens (primary N) is 1. The number of carbonyl (C=O) groups is 1. The van der Waals surface area contributed by atoms with Gasteiger partial charge in [0.2, 0.25) is 0 Å². The van der Waals surface area contributed by atoms with Crippen molar-refractivity contribution >= 4 is 5.78 Å². The van der Waals surface area contributed by atoms with E-state index in [2.05, 4.69) is 12.2 Å². The predicted octanol–water partition coefficient (Wildman–Crippen LogP) is 3.33. The number of aliphatic hydroxyl groups excluding tert-OH is 4. The molecule has 7 rings (SSSR count). The minimum Gasteiger partial charge on any atom is -0.396 e. The van der Waals surface area contributed by atoms with Gasteiger partial charge in [-0.05, 0) is 144 Å². The molecule has 0 radical (unpaired) electrons. The largest absolute Gasteiger partial charge is 0.396 e. The highest BCUT2D eigenvalue weighted by atomic mass is 16.5. The van der Waals surface area contributed by atoms with Crippen LogP contribution in [-0.2, 0) is 9.53 Å². The first-order chi connectivity index (χ1) is 24.2. The number of nitrogens with one attached hydrogen (secondary N) is 1. The van der Waals surface area contributed by atoms with Crippen molar-refractivity contribution in [1.29, 1.82) is 0 Å². The standard InChI is InChI=1S/C41H68N2O8/c1-4-5-23-6-9-25-26(22-44)36(51-33(25)10-7-23)37(48)39(3,49)34-14-17-41(50)28-18-30(45)29-19-31(46)32(47)20-40(29,27(28)13-15-38(34,41)2)16-12-24-8-11-35(42)43-21-24/h18,23-27,29,31-37,43-44,46-50H,4-17,19-22,42H2,1-3H3/t23-,24?,25+,26-,27+,29+,31+,32-,33+,34+,35?,36+,37+,38+,39+,40+,41-/m0/s1. The quantitative estimate of drug-likeness (QED) is 0.176. The summed E-state index contributed by atoms with van der Waals surface area (Å²) in [7, 11) is 0. The second-order valence-electron chi connectivity index (χ2n) is 18.9. The van der Waals surface area contributed by atoms with Crippen LogP contribution in [0.2, 0.25) is 0 Å². The molecule has 2 heterocycles. The molecule has 0 bridgehead atoms. The van der Waals surface area contributed by atoms with Crippen molar-refractivity contribution in [2.24, 2.45) is 58.0 Å². The molecular weight excluding hydrogens is 648 g/mol. The fourth-order valence-corrected chi connectivity index (χ4v) is 13.6. The first-order valence-corrected chi connectivity index (χ1v) is 20.7. The van der Waals surface area contributed by atoms with Crippen molar-refractivity contribution in [3.8, 4) is 0 Å². The van der Waals surface area contributed by atoms with Gasteiger partial charge in [-0.1, -0.05) is 33.1 Å². The van der Waals surface area contributed by atoms with Crippen LogP contribution in [0.15, 0.2) is 11.6 Å². The van der Waals surface area contributed by atoms with Crippen molar-refractivity contribution in [2.45, 2.75) is 171 Å². The normalized spacial score (nSPS) is 50.2. The van der Waals surface area contributed by atoms with Crippen LogP contribution in [0.5, 0.6) is 0 Å². The van der Waals surface area contributed by atoms with Gasteiger partial charge >= 0.3 is 0 Å². The summed E-state index contributed by atoms with van der Waals surface area (Å²) in [6.07, 6.45) is 10.4. The summed E-state index contributed by atoms with van der Waals surface area (Å²) in [6, 6.07) is 0. The van der Waals surface area contributed by atoms with E-state index in [0.29, 0.717) is 43.9 Å². The number of hydrogen-bond donors (Lipinski definition) is 8. The maximum absolute atomic E-state index is 14.2. The summed E-state index contributed by atoms with van der Waals surface area (Å²) in [6.45, 7) is 6.65. The van der Waals surface area contributed by atoms with Gasteiger partial charge in [0.1, 0.15) is 6.10 Å². The molecular formula is C41H68N2O8. The van der Waals surface area contributed by atoms with Crippen molar-refractivity contribution in [1.82, 2.24) is 5.32 Å². The number of piperidine rings is 1. The van der Waals surface area contributed by atoms with Gasteiger partial charge in [-0.15, -0.1) is 0 Å². The Balaban J connectivity index is 1.14. The Morgan fingerprint density at radius 2 is 1.76 bits per heavy atom. The fourth-order valence-electron chi connectivity index (χ4n) is 13.6. The molecule has 4 saturated carbocycles. The Morgan fingerprint density at radius 1 is 1.02 bits per heavy atom. The monoisotopic (exact) mass is 716 g/mol. The highest BCUT2D eigenvalue weighted by Crippen LogP contribution is 2.70. The van der Waals surface area contributed by atoms with Gasteiger partial charge in [0, 0.05) is 23.9 Å².